The highest BCUT2D eigenvalue weighted by Crippen LogP contribution is 2.35. The Labute approximate surface area is 144 Å². The van der Waals surface area contributed by atoms with E-state index in [1.165, 1.54) is 16.6 Å². The lowest BCUT2D eigenvalue weighted by Crippen LogP contribution is -1.83. The summed E-state index contributed by atoms with van der Waals surface area (Å²) in [6.07, 6.45) is 1.55. The van der Waals surface area contributed by atoms with Crippen LogP contribution in [0.4, 0.5) is 0 Å². The zero-order chi connectivity index (χ0) is 15.8. The van der Waals surface area contributed by atoms with Crippen LogP contribution in [0.1, 0.15) is 4.88 Å². The molecule has 5 nitrogen and oxygen atoms in total. The van der Waals surface area contributed by atoms with E-state index in [0.717, 1.165) is 15.2 Å². The molecule has 114 valence electrons. The molecule has 4 aromatic rings. The van der Waals surface area contributed by atoms with Crippen molar-refractivity contribution >= 4 is 44.9 Å². The molecular weight excluding hydrogens is 352 g/mol. The van der Waals surface area contributed by atoms with Gasteiger partial charge in [-0.2, -0.15) is 0 Å². The molecule has 0 aliphatic carbocycles. The number of aryl methyl sites for hydroxylation is 1. The van der Waals surface area contributed by atoms with Crippen molar-refractivity contribution in [3.8, 4) is 11.5 Å². The van der Waals surface area contributed by atoms with Gasteiger partial charge in [-0.25, -0.2) is 9.97 Å². The molecule has 0 aliphatic rings. The average Bonchev–Trinajstić information content (AvgIpc) is 3.14. The van der Waals surface area contributed by atoms with Crippen LogP contribution in [0, 0.1) is 6.92 Å². The lowest BCUT2D eigenvalue weighted by Gasteiger charge is -1.98. The Morgan fingerprint density at radius 2 is 2.04 bits per heavy atom. The zero-order valence-corrected chi connectivity index (χ0v) is 14.2. The molecule has 0 bridgehead atoms. The Kier molecular flexibility index (Phi) is 3.76. The minimum Gasteiger partial charge on any atom is -0.411 e. The summed E-state index contributed by atoms with van der Waals surface area (Å²) in [7, 11) is 0. The Morgan fingerprint density at radius 1 is 1.17 bits per heavy atom. The molecule has 0 unspecified atom stereocenters. The summed E-state index contributed by atoms with van der Waals surface area (Å²) in [5.41, 5.74) is 0.715. The fourth-order valence-corrected chi connectivity index (χ4v) is 3.97. The Balaban J connectivity index is 1.68. The molecule has 23 heavy (non-hydrogen) atoms. The number of nitrogens with zero attached hydrogens (tertiary/aromatic N) is 4. The number of benzene rings is 1. The summed E-state index contributed by atoms with van der Waals surface area (Å²) in [4.78, 5) is 10.7. The minimum atomic E-state index is 0.393. The van der Waals surface area contributed by atoms with Crippen LogP contribution in [0.15, 0.2) is 51.3 Å². The molecule has 0 spiro atoms. The highest BCUT2D eigenvalue weighted by atomic mass is 35.5. The van der Waals surface area contributed by atoms with Crippen molar-refractivity contribution in [3.63, 3.8) is 0 Å². The number of hydrogen-bond donors (Lipinski definition) is 0. The van der Waals surface area contributed by atoms with Gasteiger partial charge in [0.2, 0.25) is 5.89 Å². The maximum Gasteiger partial charge on any atom is 0.283 e. The van der Waals surface area contributed by atoms with E-state index in [-0.39, 0.29) is 0 Å². The number of hydrogen-bond acceptors (Lipinski definition) is 7. The molecule has 0 fully saturated rings. The molecule has 4 rings (SSSR count). The standard InChI is InChI=1S/C15H9ClN4OS2/c1-8-6-10-13(22-8)17-7-18-14(10)23-15-20-19-12(21-15)9-4-2-3-5-11(9)16/h2-7H,1H3. The minimum absolute atomic E-state index is 0.393. The number of halogens is 1. The lowest BCUT2D eigenvalue weighted by molar-refractivity contribution is 0.466. The van der Waals surface area contributed by atoms with Crippen LogP contribution in [-0.2, 0) is 0 Å². The van der Waals surface area contributed by atoms with Crippen molar-refractivity contribution in [1.82, 2.24) is 20.2 Å². The largest absolute Gasteiger partial charge is 0.411 e. The van der Waals surface area contributed by atoms with Gasteiger partial charge < -0.3 is 4.42 Å². The van der Waals surface area contributed by atoms with E-state index in [1.54, 1.807) is 23.7 Å². The molecule has 0 amide bonds. The van der Waals surface area contributed by atoms with Crippen LogP contribution in [0.2, 0.25) is 5.02 Å². The van der Waals surface area contributed by atoms with Gasteiger partial charge in [-0.05, 0) is 36.9 Å². The second-order valence-electron chi connectivity index (χ2n) is 4.71. The van der Waals surface area contributed by atoms with Gasteiger partial charge in [0.1, 0.15) is 16.2 Å². The van der Waals surface area contributed by atoms with Crippen molar-refractivity contribution in [3.05, 3.63) is 46.6 Å². The first kappa shape index (κ1) is 14.6. The van der Waals surface area contributed by atoms with E-state index in [1.807, 2.05) is 25.1 Å². The molecular formula is C15H9ClN4OS2. The van der Waals surface area contributed by atoms with Crippen molar-refractivity contribution in [2.45, 2.75) is 17.2 Å². The predicted octanol–water partition coefficient (Wildman–Crippen LogP) is 4.85. The van der Waals surface area contributed by atoms with Gasteiger partial charge in [-0.15, -0.1) is 21.5 Å². The molecule has 3 aromatic heterocycles. The average molecular weight is 361 g/mol. The quantitative estimate of drug-likeness (QED) is 0.486. The summed E-state index contributed by atoms with van der Waals surface area (Å²) in [5.74, 6) is 0.393. The van der Waals surface area contributed by atoms with Crippen LogP contribution in [0.3, 0.4) is 0 Å². The van der Waals surface area contributed by atoms with Gasteiger partial charge in [0, 0.05) is 10.3 Å². The number of aromatic nitrogens is 4. The van der Waals surface area contributed by atoms with E-state index >= 15 is 0 Å². The van der Waals surface area contributed by atoms with E-state index in [2.05, 4.69) is 26.2 Å². The molecule has 3 heterocycles. The number of rotatable bonds is 3. The monoisotopic (exact) mass is 360 g/mol. The smallest absolute Gasteiger partial charge is 0.283 e. The van der Waals surface area contributed by atoms with Crippen LogP contribution >= 0.6 is 34.7 Å². The van der Waals surface area contributed by atoms with Gasteiger partial charge in [0.25, 0.3) is 5.22 Å². The van der Waals surface area contributed by atoms with Crippen LogP contribution in [0.5, 0.6) is 0 Å². The third-order valence-corrected chi connectivity index (χ3v) is 5.26. The Bertz CT molecular complexity index is 998. The van der Waals surface area contributed by atoms with Gasteiger partial charge in [0.15, 0.2) is 0 Å². The normalized spacial score (nSPS) is 11.2. The van der Waals surface area contributed by atoms with Crippen molar-refractivity contribution in [1.29, 1.82) is 0 Å². The molecule has 0 N–H and O–H groups in total. The van der Waals surface area contributed by atoms with E-state index in [9.17, 15) is 0 Å². The Morgan fingerprint density at radius 3 is 2.91 bits per heavy atom. The third kappa shape index (κ3) is 2.83. The number of thiophene rings is 1. The van der Waals surface area contributed by atoms with Gasteiger partial charge in [-0.3, -0.25) is 0 Å². The molecule has 8 heteroatoms. The van der Waals surface area contributed by atoms with Crippen LogP contribution < -0.4 is 0 Å². The van der Waals surface area contributed by atoms with Crippen LogP contribution in [-0.4, -0.2) is 20.2 Å². The first-order valence-electron chi connectivity index (χ1n) is 6.68. The molecule has 0 saturated heterocycles. The summed E-state index contributed by atoms with van der Waals surface area (Å²) in [6.45, 7) is 2.04. The lowest BCUT2D eigenvalue weighted by atomic mass is 10.2. The predicted molar refractivity (Wildman–Crippen MR) is 91.0 cm³/mol. The fourth-order valence-electron chi connectivity index (χ4n) is 2.11. The van der Waals surface area contributed by atoms with E-state index < -0.39 is 0 Å². The molecule has 0 radical (unpaired) electrons. The first-order chi connectivity index (χ1) is 11.2. The maximum absolute atomic E-state index is 6.16. The molecule has 1 aromatic carbocycles. The third-order valence-electron chi connectivity index (χ3n) is 3.11. The summed E-state index contributed by atoms with van der Waals surface area (Å²) >= 11 is 9.11. The summed E-state index contributed by atoms with van der Waals surface area (Å²) in [5, 5.41) is 10.9. The van der Waals surface area contributed by atoms with E-state index in [0.29, 0.717) is 21.7 Å². The van der Waals surface area contributed by atoms with Crippen molar-refractivity contribution in [2.75, 3.05) is 0 Å². The first-order valence-corrected chi connectivity index (χ1v) is 8.69. The van der Waals surface area contributed by atoms with Crippen LogP contribution in [0.25, 0.3) is 21.7 Å². The summed E-state index contributed by atoms with van der Waals surface area (Å²) < 4.78 is 5.71. The second kappa shape index (κ2) is 5.92. The highest BCUT2D eigenvalue weighted by Gasteiger charge is 2.15. The molecule has 0 saturated carbocycles. The van der Waals surface area contributed by atoms with Crippen molar-refractivity contribution < 1.29 is 4.42 Å². The molecule has 0 aliphatic heterocycles. The molecule has 0 atom stereocenters. The zero-order valence-electron chi connectivity index (χ0n) is 11.9. The van der Waals surface area contributed by atoms with Gasteiger partial charge >= 0.3 is 0 Å². The fraction of sp³-hybridized carbons (Fsp3) is 0.0667. The SMILES string of the molecule is Cc1cc2c(Sc3nnc(-c4ccccc4Cl)o3)ncnc2s1. The Hall–Kier alpha value is -1.96. The second-order valence-corrected chi connectivity index (χ2v) is 7.29. The van der Waals surface area contributed by atoms with E-state index in [4.69, 9.17) is 16.0 Å². The van der Waals surface area contributed by atoms with Gasteiger partial charge in [0.05, 0.1) is 10.6 Å². The van der Waals surface area contributed by atoms with Crippen molar-refractivity contribution in [2.24, 2.45) is 0 Å². The van der Waals surface area contributed by atoms with Gasteiger partial charge in [-0.1, -0.05) is 23.7 Å². The summed E-state index contributed by atoms with van der Waals surface area (Å²) in [6, 6.07) is 9.42. The topological polar surface area (TPSA) is 64.7 Å². The highest BCUT2D eigenvalue weighted by molar-refractivity contribution is 7.99. The number of fused-ring (bicyclic) bond motifs is 1. The maximum atomic E-state index is 6.16.